The lowest BCUT2D eigenvalue weighted by Crippen LogP contribution is -2.41. The van der Waals surface area contributed by atoms with E-state index < -0.39 is 23.8 Å². The second-order valence-electron chi connectivity index (χ2n) is 6.69. The van der Waals surface area contributed by atoms with Crippen LogP contribution in [0.25, 0.3) is 6.08 Å². The normalized spacial score (nSPS) is 22.5. The molecular weight excluding hydrogens is 309 g/mol. The lowest BCUT2D eigenvalue weighted by molar-refractivity contribution is -0.187. The molecule has 2 aliphatic rings. The maximum Gasteiger partial charge on any atom is 0.430 e. The van der Waals surface area contributed by atoms with Gasteiger partial charge in [0, 0.05) is 5.56 Å². The highest BCUT2D eigenvalue weighted by Gasteiger charge is 2.49. The van der Waals surface area contributed by atoms with E-state index in [-0.39, 0.29) is 11.2 Å². The Hall–Kier alpha value is -1.98. The van der Waals surface area contributed by atoms with Gasteiger partial charge in [-0.3, -0.25) is 0 Å². The molecule has 3 rings (SSSR count). The van der Waals surface area contributed by atoms with Gasteiger partial charge >= 0.3 is 12.1 Å². The van der Waals surface area contributed by atoms with Crippen molar-refractivity contribution in [3.63, 3.8) is 0 Å². The zero-order chi connectivity index (χ0) is 17.0. The second-order valence-corrected chi connectivity index (χ2v) is 6.69. The number of rotatable bonds is 1. The lowest BCUT2D eigenvalue weighted by atomic mass is 9.72. The first-order valence-corrected chi connectivity index (χ1v) is 7.46. The fraction of sp³-hybridized carbons (Fsp3) is 0.471. The minimum absolute atomic E-state index is 0.128. The molecule has 0 saturated carbocycles. The Labute approximate surface area is 131 Å². The molecule has 1 aromatic rings. The van der Waals surface area contributed by atoms with E-state index in [1.165, 1.54) is 0 Å². The molecule has 0 amide bonds. The molecule has 0 bridgehead atoms. The smallest absolute Gasteiger partial charge is 0.430 e. The Morgan fingerprint density at radius 2 is 2.04 bits per heavy atom. The standard InChI is InChI=1S/C17H17F3O3/c1-16(2)7-3-4-10-12(16)6-5-9-8-11(15(21)22)14(17(18,19)20)23-13(9)10/h5-6,8,14H,3-4,7H2,1-2H3,(H,21,22). The van der Waals surface area contributed by atoms with Crippen LogP contribution in [0.5, 0.6) is 5.75 Å². The summed E-state index contributed by atoms with van der Waals surface area (Å²) in [5.74, 6) is -1.43. The molecule has 23 heavy (non-hydrogen) atoms. The maximum atomic E-state index is 13.2. The van der Waals surface area contributed by atoms with Gasteiger partial charge in [0.15, 0.2) is 0 Å². The van der Waals surface area contributed by atoms with E-state index in [2.05, 4.69) is 13.8 Å². The molecule has 1 aromatic carbocycles. The molecule has 0 spiro atoms. The minimum Gasteiger partial charge on any atom is -0.478 e. The van der Waals surface area contributed by atoms with Gasteiger partial charge in [0.2, 0.25) is 6.10 Å². The van der Waals surface area contributed by atoms with Gasteiger partial charge in [-0.25, -0.2) is 4.79 Å². The first-order chi connectivity index (χ1) is 10.6. The molecule has 1 heterocycles. The van der Waals surface area contributed by atoms with E-state index in [9.17, 15) is 18.0 Å². The summed E-state index contributed by atoms with van der Waals surface area (Å²) in [7, 11) is 0. The number of ether oxygens (including phenoxy) is 1. The SMILES string of the molecule is CC1(C)CCCc2c1ccc1c2OC(C(F)(F)F)C(C(=O)O)=C1. The number of carboxylic acid groups (broad SMARTS) is 1. The molecule has 1 N–H and O–H groups in total. The predicted molar refractivity (Wildman–Crippen MR) is 78.5 cm³/mol. The van der Waals surface area contributed by atoms with Crippen molar-refractivity contribution in [2.75, 3.05) is 0 Å². The number of carboxylic acids is 1. The number of hydrogen-bond acceptors (Lipinski definition) is 2. The van der Waals surface area contributed by atoms with Crippen molar-refractivity contribution in [3.05, 3.63) is 34.4 Å². The van der Waals surface area contributed by atoms with E-state index in [1.54, 1.807) is 6.07 Å². The third kappa shape index (κ3) is 2.60. The van der Waals surface area contributed by atoms with Crippen molar-refractivity contribution in [3.8, 4) is 5.75 Å². The number of halogens is 3. The molecule has 0 radical (unpaired) electrons. The highest BCUT2D eigenvalue weighted by Crippen LogP contribution is 2.46. The number of aliphatic carboxylic acids is 1. The predicted octanol–water partition coefficient (Wildman–Crippen LogP) is 4.09. The quantitative estimate of drug-likeness (QED) is 0.845. The summed E-state index contributed by atoms with van der Waals surface area (Å²) in [6.07, 6.45) is -3.65. The zero-order valence-electron chi connectivity index (χ0n) is 12.8. The number of fused-ring (bicyclic) bond motifs is 3. The maximum absolute atomic E-state index is 13.2. The third-order valence-electron chi connectivity index (χ3n) is 4.62. The van der Waals surface area contributed by atoms with E-state index in [0.29, 0.717) is 12.0 Å². The summed E-state index contributed by atoms with van der Waals surface area (Å²) in [4.78, 5) is 11.2. The lowest BCUT2D eigenvalue weighted by Gasteiger charge is -2.36. The molecule has 1 unspecified atom stereocenters. The first kappa shape index (κ1) is 15.9. The average Bonchev–Trinajstić information content (AvgIpc) is 2.44. The van der Waals surface area contributed by atoms with E-state index >= 15 is 0 Å². The highest BCUT2D eigenvalue weighted by atomic mass is 19.4. The van der Waals surface area contributed by atoms with Crippen LogP contribution in [-0.4, -0.2) is 23.4 Å². The van der Waals surface area contributed by atoms with Crippen LogP contribution in [-0.2, 0) is 16.6 Å². The molecule has 0 saturated heterocycles. The first-order valence-electron chi connectivity index (χ1n) is 7.46. The Kier molecular flexibility index (Phi) is 3.46. The second kappa shape index (κ2) is 5.01. The van der Waals surface area contributed by atoms with Crippen LogP contribution in [0, 0.1) is 0 Å². The van der Waals surface area contributed by atoms with Gasteiger partial charge in [0.25, 0.3) is 0 Å². The van der Waals surface area contributed by atoms with Gasteiger partial charge in [0.1, 0.15) is 5.75 Å². The van der Waals surface area contributed by atoms with Crippen molar-refractivity contribution in [2.45, 2.75) is 50.8 Å². The highest BCUT2D eigenvalue weighted by molar-refractivity contribution is 5.95. The Balaban J connectivity index is 2.18. The third-order valence-corrected chi connectivity index (χ3v) is 4.62. The van der Waals surface area contributed by atoms with Crippen LogP contribution in [0.2, 0.25) is 0 Å². The van der Waals surface area contributed by atoms with Crippen LogP contribution in [0.4, 0.5) is 13.2 Å². The summed E-state index contributed by atoms with van der Waals surface area (Å²) in [5.41, 5.74) is 1.25. The van der Waals surface area contributed by atoms with Crippen molar-refractivity contribution in [1.29, 1.82) is 0 Å². The van der Waals surface area contributed by atoms with Crippen LogP contribution < -0.4 is 4.74 Å². The van der Waals surface area contributed by atoms with Crippen molar-refractivity contribution < 1.29 is 27.8 Å². The molecule has 1 atom stereocenters. The molecule has 3 nitrogen and oxygen atoms in total. The molecule has 124 valence electrons. The van der Waals surface area contributed by atoms with Crippen LogP contribution >= 0.6 is 0 Å². The summed E-state index contributed by atoms with van der Waals surface area (Å²) in [5, 5.41) is 9.07. The van der Waals surface area contributed by atoms with Crippen molar-refractivity contribution >= 4 is 12.0 Å². The summed E-state index contributed by atoms with van der Waals surface area (Å²) in [6, 6.07) is 3.53. The van der Waals surface area contributed by atoms with Gasteiger partial charge in [-0.15, -0.1) is 0 Å². The Morgan fingerprint density at radius 3 is 2.65 bits per heavy atom. The number of benzene rings is 1. The van der Waals surface area contributed by atoms with Crippen LogP contribution in [0.15, 0.2) is 17.7 Å². The molecule has 1 aliphatic heterocycles. The molecule has 0 aromatic heterocycles. The number of alkyl halides is 3. The monoisotopic (exact) mass is 326 g/mol. The average molecular weight is 326 g/mol. The van der Waals surface area contributed by atoms with Gasteiger partial charge in [-0.2, -0.15) is 13.2 Å². The Morgan fingerprint density at radius 1 is 1.35 bits per heavy atom. The summed E-state index contributed by atoms with van der Waals surface area (Å²) >= 11 is 0. The molecule has 0 fully saturated rings. The van der Waals surface area contributed by atoms with E-state index in [0.717, 1.165) is 30.0 Å². The zero-order valence-corrected chi connectivity index (χ0v) is 12.8. The summed E-state index contributed by atoms with van der Waals surface area (Å²) in [6.45, 7) is 4.11. The Bertz CT molecular complexity index is 702. The fourth-order valence-corrected chi connectivity index (χ4v) is 3.46. The van der Waals surface area contributed by atoms with Gasteiger partial charge in [-0.1, -0.05) is 26.0 Å². The fourth-order valence-electron chi connectivity index (χ4n) is 3.46. The van der Waals surface area contributed by atoms with E-state index in [1.807, 2.05) is 6.07 Å². The van der Waals surface area contributed by atoms with Crippen molar-refractivity contribution in [2.24, 2.45) is 0 Å². The van der Waals surface area contributed by atoms with Gasteiger partial charge in [0.05, 0.1) is 5.57 Å². The summed E-state index contributed by atoms with van der Waals surface area (Å²) < 4.78 is 44.8. The number of carbonyl (C=O) groups is 1. The van der Waals surface area contributed by atoms with Gasteiger partial charge < -0.3 is 9.84 Å². The molecule has 1 aliphatic carbocycles. The minimum atomic E-state index is -4.77. The largest absolute Gasteiger partial charge is 0.478 e. The van der Waals surface area contributed by atoms with E-state index in [4.69, 9.17) is 9.84 Å². The topological polar surface area (TPSA) is 46.5 Å². The molecular formula is C17H17F3O3. The van der Waals surface area contributed by atoms with Gasteiger partial charge in [-0.05, 0) is 41.9 Å². The number of hydrogen-bond donors (Lipinski definition) is 1. The van der Waals surface area contributed by atoms with Crippen LogP contribution in [0.1, 0.15) is 43.4 Å². The van der Waals surface area contributed by atoms with Crippen molar-refractivity contribution in [1.82, 2.24) is 0 Å². The molecule has 6 heteroatoms. The van der Waals surface area contributed by atoms with Crippen LogP contribution in [0.3, 0.4) is 0 Å².